The Morgan fingerprint density at radius 3 is 2.76 bits per heavy atom. The molecule has 5 heteroatoms. The number of hydrogen-bond donors (Lipinski definition) is 1. The van der Waals surface area contributed by atoms with Gasteiger partial charge in [-0.2, -0.15) is 0 Å². The lowest BCUT2D eigenvalue weighted by molar-refractivity contribution is -0.144. The second-order valence-electron chi connectivity index (χ2n) is 4.46. The van der Waals surface area contributed by atoms with E-state index in [2.05, 4.69) is 0 Å². The number of rotatable bonds is 2. The first-order chi connectivity index (χ1) is 8.18. The molecule has 2 aliphatic rings. The molecule has 5 nitrogen and oxygen atoms in total. The van der Waals surface area contributed by atoms with Crippen LogP contribution in [0, 0.1) is 0 Å². The highest BCUT2D eigenvalue weighted by Crippen LogP contribution is 2.28. The van der Waals surface area contributed by atoms with Crippen LogP contribution in [-0.4, -0.2) is 47.2 Å². The maximum Gasteiger partial charge on any atom is 0.328 e. The summed E-state index contributed by atoms with van der Waals surface area (Å²) in [5.41, 5.74) is 0. The van der Waals surface area contributed by atoms with Crippen LogP contribution in [0.4, 0.5) is 0 Å². The van der Waals surface area contributed by atoms with Gasteiger partial charge in [0.25, 0.3) is 0 Å². The largest absolute Gasteiger partial charge is 0.478 e. The molecule has 0 bridgehead atoms. The fraction of sp³-hybridized carbons (Fsp3) is 0.667. The molecule has 2 rings (SSSR count). The third kappa shape index (κ3) is 2.85. The van der Waals surface area contributed by atoms with Gasteiger partial charge in [0.2, 0.25) is 5.91 Å². The van der Waals surface area contributed by atoms with Crippen LogP contribution in [0.3, 0.4) is 0 Å². The Balaban J connectivity index is 2.03. The van der Waals surface area contributed by atoms with E-state index in [0.29, 0.717) is 13.2 Å². The van der Waals surface area contributed by atoms with E-state index < -0.39 is 5.97 Å². The molecule has 1 amide bonds. The first kappa shape index (κ1) is 12.1. The summed E-state index contributed by atoms with van der Waals surface area (Å²) < 4.78 is 5.65. The molecule has 1 aliphatic heterocycles. The molecule has 1 aliphatic carbocycles. The Morgan fingerprint density at radius 1 is 1.24 bits per heavy atom. The van der Waals surface area contributed by atoms with Crippen molar-refractivity contribution in [2.45, 2.75) is 37.8 Å². The fourth-order valence-electron chi connectivity index (χ4n) is 2.61. The third-order valence-corrected chi connectivity index (χ3v) is 3.38. The van der Waals surface area contributed by atoms with Gasteiger partial charge >= 0.3 is 5.97 Å². The van der Waals surface area contributed by atoms with Crippen LogP contribution in [0.5, 0.6) is 0 Å². The minimum absolute atomic E-state index is 0.128. The molecule has 1 N–H and O–H groups in total. The zero-order valence-corrected chi connectivity index (χ0v) is 9.67. The summed E-state index contributed by atoms with van der Waals surface area (Å²) in [5.74, 6) is -1.31. The van der Waals surface area contributed by atoms with E-state index in [0.717, 1.165) is 37.8 Å². The van der Waals surface area contributed by atoms with E-state index in [1.165, 1.54) is 0 Å². The number of ether oxygens (including phenoxy) is 1. The van der Waals surface area contributed by atoms with Crippen LogP contribution < -0.4 is 0 Å². The summed E-state index contributed by atoms with van der Waals surface area (Å²) in [4.78, 5) is 24.0. The van der Waals surface area contributed by atoms with Crippen LogP contribution >= 0.6 is 0 Å². The Morgan fingerprint density at radius 2 is 2.00 bits per heavy atom. The maximum atomic E-state index is 11.9. The Hall–Kier alpha value is -1.36. The normalized spacial score (nSPS) is 29.1. The molecule has 0 spiro atoms. The number of hydrogen-bond acceptors (Lipinski definition) is 3. The van der Waals surface area contributed by atoms with Crippen molar-refractivity contribution in [3.8, 4) is 0 Å². The number of fused-ring (bicyclic) bond motifs is 1. The van der Waals surface area contributed by atoms with Gasteiger partial charge in [-0.15, -0.1) is 0 Å². The highest BCUT2D eigenvalue weighted by molar-refractivity contribution is 5.94. The van der Waals surface area contributed by atoms with Gasteiger partial charge in [-0.25, -0.2) is 4.79 Å². The minimum Gasteiger partial charge on any atom is -0.478 e. The fourth-order valence-corrected chi connectivity index (χ4v) is 2.61. The molecule has 1 heterocycles. The predicted molar refractivity (Wildman–Crippen MR) is 60.5 cm³/mol. The number of carboxylic acids is 1. The number of nitrogens with zero attached hydrogens (tertiary/aromatic N) is 1. The van der Waals surface area contributed by atoms with Crippen LogP contribution in [0.15, 0.2) is 12.2 Å². The van der Waals surface area contributed by atoms with Crippen LogP contribution in [0.25, 0.3) is 0 Å². The highest BCUT2D eigenvalue weighted by atomic mass is 16.5. The van der Waals surface area contributed by atoms with Gasteiger partial charge in [0.1, 0.15) is 0 Å². The lowest BCUT2D eigenvalue weighted by Gasteiger charge is -2.43. The highest BCUT2D eigenvalue weighted by Gasteiger charge is 2.35. The van der Waals surface area contributed by atoms with Gasteiger partial charge in [0.05, 0.1) is 18.8 Å². The van der Waals surface area contributed by atoms with E-state index in [1.807, 2.05) is 0 Å². The van der Waals surface area contributed by atoms with E-state index in [4.69, 9.17) is 9.84 Å². The number of carbonyl (C=O) groups excluding carboxylic acids is 1. The summed E-state index contributed by atoms with van der Waals surface area (Å²) >= 11 is 0. The third-order valence-electron chi connectivity index (χ3n) is 3.38. The van der Waals surface area contributed by atoms with Gasteiger partial charge in [-0.05, 0) is 12.8 Å². The average Bonchev–Trinajstić information content (AvgIpc) is 2.35. The van der Waals surface area contributed by atoms with Gasteiger partial charge in [-0.1, -0.05) is 12.8 Å². The number of amides is 1. The molecule has 0 radical (unpaired) electrons. The topological polar surface area (TPSA) is 66.8 Å². The van der Waals surface area contributed by atoms with E-state index >= 15 is 0 Å². The van der Waals surface area contributed by atoms with Gasteiger partial charge in [-0.3, -0.25) is 4.79 Å². The van der Waals surface area contributed by atoms with Gasteiger partial charge in [0, 0.05) is 18.7 Å². The SMILES string of the molecule is O=C(O)/C=C/C(=O)N1CCOC2CCCCC21. The second-order valence-corrected chi connectivity index (χ2v) is 4.46. The Labute approximate surface area is 100 Å². The van der Waals surface area contributed by atoms with Gasteiger partial charge < -0.3 is 14.7 Å². The summed E-state index contributed by atoms with van der Waals surface area (Å²) in [6, 6.07) is 0.128. The number of aliphatic carboxylic acids is 1. The molecule has 0 aromatic heterocycles. The maximum absolute atomic E-state index is 11.9. The minimum atomic E-state index is -1.09. The molecule has 1 saturated heterocycles. The number of carbonyl (C=O) groups is 2. The van der Waals surface area contributed by atoms with Crippen molar-refractivity contribution >= 4 is 11.9 Å². The summed E-state index contributed by atoms with van der Waals surface area (Å²) in [6.45, 7) is 1.11. The summed E-state index contributed by atoms with van der Waals surface area (Å²) in [7, 11) is 0. The van der Waals surface area contributed by atoms with Crippen molar-refractivity contribution in [2.75, 3.05) is 13.2 Å². The standard InChI is InChI=1S/C12H17NO4/c14-11(5-6-12(15)16)13-7-8-17-10-4-2-1-3-9(10)13/h5-6,9-10H,1-4,7-8H2,(H,15,16)/b6-5+. The second kappa shape index (κ2) is 5.31. The quantitative estimate of drug-likeness (QED) is 0.724. The van der Waals surface area contributed by atoms with Crippen LogP contribution in [0.1, 0.15) is 25.7 Å². The Kier molecular flexibility index (Phi) is 3.78. The molecule has 17 heavy (non-hydrogen) atoms. The van der Waals surface area contributed by atoms with Crippen LogP contribution in [-0.2, 0) is 14.3 Å². The zero-order chi connectivity index (χ0) is 12.3. The molecule has 94 valence electrons. The van der Waals surface area contributed by atoms with Gasteiger partial charge in [0.15, 0.2) is 0 Å². The van der Waals surface area contributed by atoms with Crippen molar-refractivity contribution in [1.82, 2.24) is 4.90 Å². The van der Waals surface area contributed by atoms with Crippen molar-refractivity contribution in [3.63, 3.8) is 0 Å². The van der Waals surface area contributed by atoms with Crippen LogP contribution in [0.2, 0.25) is 0 Å². The summed E-state index contributed by atoms with van der Waals surface area (Å²) in [5, 5.41) is 8.51. The first-order valence-electron chi connectivity index (χ1n) is 6.01. The van der Waals surface area contributed by atoms with Crippen molar-refractivity contribution in [2.24, 2.45) is 0 Å². The van der Waals surface area contributed by atoms with Crippen molar-refractivity contribution < 1.29 is 19.4 Å². The van der Waals surface area contributed by atoms with Crippen molar-refractivity contribution in [3.05, 3.63) is 12.2 Å². The lowest BCUT2D eigenvalue weighted by Crippen LogP contribution is -2.54. The van der Waals surface area contributed by atoms with Crippen molar-refractivity contribution in [1.29, 1.82) is 0 Å². The molecular formula is C12H17NO4. The molecule has 2 unspecified atom stereocenters. The Bertz CT molecular complexity index is 337. The molecule has 0 aromatic rings. The molecule has 1 saturated carbocycles. The predicted octanol–water partition coefficient (Wildman–Crippen LogP) is 0.797. The number of morpholine rings is 1. The molecule has 2 atom stereocenters. The van der Waals surface area contributed by atoms with E-state index in [1.54, 1.807) is 4.90 Å². The molecular weight excluding hydrogens is 222 g/mol. The van der Waals surface area contributed by atoms with E-state index in [-0.39, 0.29) is 18.1 Å². The first-order valence-corrected chi connectivity index (χ1v) is 6.01. The monoisotopic (exact) mass is 239 g/mol. The smallest absolute Gasteiger partial charge is 0.328 e. The molecule has 0 aromatic carbocycles. The molecule has 2 fully saturated rings. The zero-order valence-electron chi connectivity index (χ0n) is 9.67. The average molecular weight is 239 g/mol. The lowest BCUT2D eigenvalue weighted by atomic mass is 9.90. The number of carboxylic acid groups (broad SMARTS) is 1. The summed E-state index contributed by atoms with van der Waals surface area (Å²) in [6.07, 6.45) is 6.38. The van der Waals surface area contributed by atoms with E-state index in [9.17, 15) is 9.59 Å².